The van der Waals surface area contributed by atoms with Gasteiger partial charge in [-0.05, 0) is 46.1 Å². The summed E-state index contributed by atoms with van der Waals surface area (Å²) in [5.74, 6) is -0.106. The molecule has 1 aromatic carbocycles. The molecule has 2 aromatic heterocycles. The monoisotopic (exact) mass is 271 g/mol. The maximum Gasteiger partial charge on any atom is 0.265 e. The topological polar surface area (TPSA) is 72.7 Å². The lowest BCUT2D eigenvalue weighted by Crippen LogP contribution is -2.10. The van der Waals surface area contributed by atoms with Crippen LogP contribution in [0, 0.1) is 0 Å². The van der Waals surface area contributed by atoms with Gasteiger partial charge < -0.3 is 5.32 Å². The molecule has 0 saturated carbocycles. The Labute approximate surface area is 112 Å². The third-order valence-electron chi connectivity index (χ3n) is 2.48. The Kier molecular flexibility index (Phi) is 3.03. The summed E-state index contributed by atoms with van der Waals surface area (Å²) in [5, 5.41) is 15.6. The third-order valence-corrected chi connectivity index (χ3v) is 3.35. The van der Waals surface area contributed by atoms with Crippen molar-refractivity contribution in [1.29, 1.82) is 0 Å². The van der Waals surface area contributed by atoms with Crippen molar-refractivity contribution in [3.63, 3.8) is 0 Å². The molecule has 19 heavy (non-hydrogen) atoms. The molecule has 2 heterocycles. The fourth-order valence-electron chi connectivity index (χ4n) is 1.58. The van der Waals surface area contributed by atoms with E-state index >= 15 is 0 Å². The van der Waals surface area contributed by atoms with Crippen LogP contribution in [-0.2, 0) is 0 Å². The van der Waals surface area contributed by atoms with Gasteiger partial charge in [0.25, 0.3) is 5.91 Å². The zero-order chi connectivity index (χ0) is 13.1. The number of rotatable bonds is 3. The van der Waals surface area contributed by atoms with Gasteiger partial charge in [-0.1, -0.05) is 6.07 Å². The van der Waals surface area contributed by atoms with Gasteiger partial charge in [0.2, 0.25) is 0 Å². The van der Waals surface area contributed by atoms with Crippen LogP contribution < -0.4 is 5.32 Å². The number of carbonyl (C=O) groups excluding carboxylic acids is 1. The molecule has 0 aliphatic carbocycles. The predicted molar refractivity (Wildman–Crippen MR) is 71.4 cm³/mol. The molecule has 0 aliphatic heterocycles. The van der Waals surface area contributed by atoms with E-state index < -0.39 is 0 Å². The minimum Gasteiger partial charge on any atom is -0.321 e. The molecule has 0 fully saturated rings. The number of benzene rings is 1. The lowest BCUT2D eigenvalue weighted by Gasteiger charge is -2.04. The van der Waals surface area contributed by atoms with Crippen molar-refractivity contribution in [1.82, 2.24) is 20.2 Å². The fourth-order valence-corrected chi connectivity index (χ4v) is 2.20. The van der Waals surface area contributed by atoms with E-state index in [2.05, 4.69) is 20.8 Å². The average molecular weight is 271 g/mol. The highest BCUT2D eigenvalue weighted by molar-refractivity contribution is 7.12. The highest BCUT2D eigenvalue weighted by atomic mass is 32.1. The molecule has 0 radical (unpaired) electrons. The van der Waals surface area contributed by atoms with E-state index in [1.54, 1.807) is 10.7 Å². The van der Waals surface area contributed by atoms with E-state index in [0.29, 0.717) is 4.88 Å². The summed E-state index contributed by atoms with van der Waals surface area (Å²) in [6, 6.07) is 10.9. The Bertz CT molecular complexity index is 661. The van der Waals surface area contributed by atoms with Crippen molar-refractivity contribution >= 4 is 22.9 Å². The van der Waals surface area contributed by atoms with Gasteiger partial charge in [-0.25, -0.2) is 4.68 Å². The van der Waals surface area contributed by atoms with Crippen LogP contribution in [-0.4, -0.2) is 26.1 Å². The molecule has 0 aliphatic rings. The number of aromatic nitrogens is 4. The molecule has 0 spiro atoms. The number of nitrogens with one attached hydrogen (secondary N) is 1. The first-order valence-electron chi connectivity index (χ1n) is 5.51. The molecular weight excluding hydrogens is 262 g/mol. The Morgan fingerprint density at radius 2 is 2.05 bits per heavy atom. The quantitative estimate of drug-likeness (QED) is 0.790. The first kappa shape index (κ1) is 11.5. The molecule has 0 saturated heterocycles. The highest BCUT2D eigenvalue weighted by Gasteiger charge is 2.06. The Balaban J connectivity index is 1.75. The smallest absolute Gasteiger partial charge is 0.265 e. The summed E-state index contributed by atoms with van der Waals surface area (Å²) < 4.78 is 1.55. The molecule has 0 unspecified atom stereocenters. The first-order chi connectivity index (χ1) is 9.33. The largest absolute Gasteiger partial charge is 0.321 e. The van der Waals surface area contributed by atoms with Crippen LogP contribution >= 0.6 is 11.3 Å². The Hall–Kier alpha value is -2.54. The molecule has 6 nitrogen and oxygen atoms in total. The molecule has 7 heteroatoms. The Morgan fingerprint density at radius 1 is 1.21 bits per heavy atom. The number of carbonyl (C=O) groups is 1. The number of nitrogens with zero attached hydrogens (tertiary/aromatic N) is 4. The summed E-state index contributed by atoms with van der Waals surface area (Å²) in [7, 11) is 0. The summed E-state index contributed by atoms with van der Waals surface area (Å²) in [6.45, 7) is 0. The second-order valence-electron chi connectivity index (χ2n) is 3.73. The van der Waals surface area contributed by atoms with Crippen LogP contribution in [0.5, 0.6) is 0 Å². The van der Waals surface area contributed by atoms with E-state index in [4.69, 9.17) is 0 Å². The molecule has 3 aromatic rings. The predicted octanol–water partition coefficient (Wildman–Crippen LogP) is 1.98. The highest BCUT2D eigenvalue weighted by Crippen LogP contribution is 2.15. The second-order valence-corrected chi connectivity index (χ2v) is 4.68. The van der Waals surface area contributed by atoms with Crippen LogP contribution in [0.15, 0.2) is 48.1 Å². The molecule has 1 N–H and O–H groups in total. The minimum atomic E-state index is -0.106. The third kappa shape index (κ3) is 2.50. The fraction of sp³-hybridized carbons (Fsp3) is 0. The number of hydrogen-bond acceptors (Lipinski definition) is 5. The molecule has 0 atom stereocenters. The van der Waals surface area contributed by atoms with Crippen molar-refractivity contribution in [3.8, 4) is 5.69 Å². The maximum absolute atomic E-state index is 11.9. The summed E-state index contributed by atoms with van der Waals surface area (Å²) in [4.78, 5) is 12.5. The van der Waals surface area contributed by atoms with Crippen molar-refractivity contribution in [3.05, 3.63) is 53.0 Å². The second kappa shape index (κ2) is 4.99. The summed E-state index contributed by atoms with van der Waals surface area (Å²) in [5.41, 5.74) is 1.56. The van der Waals surface area contributed by atoms with E-state index in [-0.39, 0.29) is 5.91 Å². The Morgan fingerprint density at radius 3 is 2.68 bits per heavy atom. The van der Waals surface area contributed by atoms with Crippen molar-refractivity contribution in [2.45, 2.75) is 0 Å². The van der Waals surface area contributed by atoms with Gasteiger partial charge in [-0.3, -0.25) is 4.79 Å². The first-order valence-corrected chi connectivity index (χ1v) is 6.39. The average Bonchev–Trinajstić information content (AvgIpc) is 3.13. The van der Waals surface area contributed by atoms with Crippen LogP contribution in [0.2, 0.25) is 0 Å². The van der Waals surface area contributed by atoms with Gasteiger partial charge in [0, 0.05) is 5.69 Å². The number of tetrazole rings is 1. The molecule has 0 bridgehead atoms. The van der Waals surface area contributed by atoms with E-state index in [9.17, 15) is 4.79 Å². The summed E-state index contributed by atoms with van der Waals surface area (Å²) in [6.07, 6.45) is 1.51. The van der Waals surface area contributed by atoms with Gasteiger partial charge in [-0.15, -0.1) is 16.4 Å². The van der Waals surface area contributed by atoms with Gasteiger partial charge in [0.15, 0.2) is 0 Å². The van der Waals surface area contributed by atoms with Crippen molar-refractivity contribution in [2.75, 3.05) is 5.32 Å². The molecule has 3 rings (SSSR count). The number of amides is 1. The molecular formula is C12H9N5OS. The van der Waals surface area contributed by atoms with Crippen LogP contribution in [0.4, 0.5) is 5.69 Å². The van der Waals surface area contributed by atoms with E-state index in [1.807, 2.05) is 35.7 Å². The number of thiophene rings is 1. The van der Waals surface area contributed by atoms with Gasteiger partial charge in [-0.2, -0.15) is 0 Å². The molecule has 94 valence electrons. The van der Waals surface area contributed by atoms with E-state index in [1.165, 1.54) is 17.7 Å². The molecule has 1 amide bonds. The van der Waals surface area contributed by atoms with Gasteiger partial charge >= 0.3 is 0 Å². The lowest BCUT2D eigenvalue weighted by atomic mass is 10.2. The van der Waals surface area contributed by atoms with E-state index in [0.717, 1.165) is 11.4 Å². The van der Waals surface area contributed by atoms with Crippen LogP contribution in [0.3, 0.4) is 0 Å². The maximum atomic E-state index is 11.9. The number of anilines is 1. The normalized spacial score (nSPS) is 10.3. The van der Waals surface area contributed by atoms with Crippen molar-refractivity contribution in [2.24, 2.45) is 0 Å². The lowest BCUT2D eigenvalue weighted by molar-refractivity contribution is 0.103. The minimum absolute atomic E-state index is 0.106. The zero-order valence-corrected chi connectivity index (χ0v) is 10.5. The van der Waals surface area contributed by atoms with Crippen molar-refractivity contribution < 1.29 is 4.79 Å². The number of hydrogen-bond donors (Lipinski definition) is 1. The SMILES string of the molecule is O=C(Nc1ccc(-n2cnnn2)cc1)c1cccs1. The standard InChI is InChI=1S/C12H9N5OS/c18-12(11-2-1-7-19-11)14-9-3-5-10(6-4-9)17-8-13-15-16-17/h1-8H,(H,14,18). The van der Waals surface area contributed by atoms with Crippen LogP contribution in [0.1, 0.15) is 9.67 Å². The van der Waals surface area contributed by atoms with Gasteiger partial charge in [0.1, 0.15) is 6.33 Å². The summed E-state index contributed by atoms with van der Waals surface area (Å²) >= 11 is 1.41. The van der Waals surface area contributed by atoms with Crippen LogP contribution in [0.25, 0.3) is 5.69 Å². The zero-order valence-electron chi connectivity index (χ0n) is 9.72. The van der Waals surface area contributed by atoms with Gasteiger partial charge in [0.05, 0.1) is 10.6 Å².